The van der Waals surface area contributed by atoms with Crippen molar-refractivity contribution in [1.82, 2.24) is 9.62 Å². The number of piperidine rings is 1. The molecule has 1 aromatic carbocycles. The van der Waals surface area contributed by atoms with Crippen LogP contribution in [0.15, 0.2) is 18.2 Å². The lowest BCUT2D eigenvalue weighted by Gasteiger charge is -2.44. The van der Waals surface area contributed by atoms with E-state index >= 15 is 0 Å². The van der Waals surface area contributed by atoms with Crippen molar-refractivity contribution in [2.45, 2.75) is 39.0 Å². The van der Waals surface area contributed by atoms with Crippen molar-refractivity contribution in [2.24, 2.45) is 11.3 Å². The lowest BCUT2D eigenvalue weighted by atomic mass is 9.71. The van der Waals surface area contributed by atoms with Gasteiger partial charge in [-0.25, -0.2) is 0 Å². The molecule has 0 aromatic heterocycles. The van der Waals surface area contributed by atoms with Crippen molar-refractivity contribution in [3.63, 3.8) is 0 Å². The summed E-state index contributed by atoms with van der Waals surface area (Å²) < 4.78 is 8.02. The summed E-state index contributed by atoms with van der Waals surface area (Å²) >= 11 is 14.1. The van der Waals surface area contributed by atoms with Gasteiger partial charge in [0.1, 0.15) is 0 Å². The molecule has 2 aliphatic rings. The number of rotatable bonds is 7. The van der Waals surface area contributed by atoms with Gasteiger partial charge in [0.25, 0.3) is 5.91 Å². The first-order valence-electron chi connectivity index (χ1n) is 10.2. The lowest BCUT2D eigenvalue weighted by molar-refractivity contribution is 0.0341. The minimum Gasteiger partial charge on any atom is -0.381 e. The Morgan fingerprint density at radius 2 is 2.00 bits per heavy atom. The topological polar surface area (TPSA) is 41.6 Å². The van der Waals surface area contributed by atoms with Gasteiger partial charge in [-0.2, -0.15) is 0 Å². The van der Waals surface area contributed by atoms with Crippen LogP contribution in [0.4, 0.5) is 0 Å². The maximum atomic E-state index is 12.7. The third-order valence-electron chi connectivity index (χ3n) is 5.96. The summed E-state index contributed by atoms with van der Waals surface area (Å²) in [5.41, 5.74) is 0.646. The van der Waals surface area contributed by atoms with Crippen molar-refractivity contribution in [2.75, 3.05) is 38.6 Å². The monoisotopic (exact) mass is 444 g/mol. The zero-order chi connectivity index (χ0) is 20.0. The number of ether oxygens (including phenoxy) is 1. The van der Waals surface area contributed by atoms with Gasteiger partial charge in [0.05, 0.1) is 10.6 Å². The summed E-state index contributed by atoms with van der Waals surface area (Å²) in [5.74, 6) is 1.69. The predicted octanol–water partition coefficient (Wildman–Crippen LogP) is 5.29. The van der Waals surface area contributed by atoms with Gasteiger partial charge in [-0.1, -0.05) is 42.1 Å². The minimum absolute atomic E-state index is 0.113. The van der Waals surface area contributed by atoms with Crippen LogP contribution in [-0.2, 0) is 4.74 Å². The van der Waals surface area contributed by atoms with E-state index in [0.717, 1.165) is 64.2 Å². The van der Waals surface area contributed by atoms with Crippen LogP contribution in [0.3, 0.4) is 0 Å². The molecule has 0 bridgehead atoms. The van der Waals surface area contributed by atoms with Gasteiger partial charge in [-0.3, -0.25) is 9.10 Å². The van der Waals surface area contributed by atoms with Gasteiger partial charge >= 0.3 is 0 Å². The molecule has 2 fully saturated rings. The van der Waals surface area contributed by atoms with E-state index in [2.05, 4.69) is 16.5 Å². The highest BCUT2D eigenvalue weighted by Crippen LogP contribution is 2.41. The highest BCUT2D eigenvalue weighted by molar-refractivity contribution is 7.96. The molecule has 2 heterocycles. The molecular formula is C21H30Cl2N2O2S. The number of benzene rings is 1. The van der Waals surface area contributed by atoms with E-state index in [4.69, 9.17) is 27.9 Å². The van der Waals surface area contributed by atoms with E-state index in [-0.39, 0.29) is 11.3 Å². The van der Waals surface area contributed by atoms with Gasteiger partial charge in [0.15, 0.2) is 0 Å². The molecule has 1 amide bonds. The maximum Gasteiger partial charge on any atom is 0.252 e. The fourth-order valence-corrected chi connectivity index (χ4v) is 5.63. The molecule has 28 heavy (non-hydrogen) atoms. The first kappa shape index (κ1) is 22.2. The molecule has 7 heteroatoms. The average molecular weight is 445 g/mol. The second-order valence-electron chi connectivity index (χ2n) is 7.91. The molecule has 2 saturated heterocycles. The lowest BCUT2D eigenvalue weighted by Crippen LogP contribution is -2.46. The van der Waals surface area contributed by atoms with E-state index in [1.165, 1.54) is 0 Å². The minimum atomic E-state index is -0.113. The number of amides is 1. The van der Waals surface area contributed by atoms with Crippen LogP contribution in [0.25, 0.3) is 0 Å². The van der Waals surface area contributed by atoms with Crippen molar-refractivity contribution in [1.29, 1.82) is 0 Å². The second kappa shape index (κ2) is 10.5. The summed E-state index contributed by atoms with van der Waals surface area (Å²) in [4.78, 5) is 12.7. The molecule has 0 unspecified atom stereocenters. The van der Waals surface area contributed by atoms with Crippen LogP contribution in [0.2, 0.25) is 10.0 Å². The van der Waals surface area contributed by atoms with Gasteiger partial charge in [0.2, 0.25) is 0 Å². The molecule has 0 saturated carbocycles. The third-order valence-corrected chi connectivity index (χ3v) is 7.49. The molecule has 0 aliphatic carbocycles. The Morgan fingerprint density at radius 1 is 1.29 bits per heavy atom. The Balaban J connectivity index is 1.65. The van der Waals surface area contributed by atoms with Gasteiger partial charge in [0, 0.05) is 43.6 Å². The summed E-state index contributed by atoms with van der Waals surface area (Å²) in [6, 6.07) is 5.03. The number of hydrogen-bond donors (Lipinski definition) is 1. The molecule has 4 nitrogen and oxygen atoms in total. The highest BCUT2D eigenvalue weighted by atomic mass is 35.5. The fourth-order valence-electron chi connectivity index (χ4n) is 4.32. The molecule has 3 rings (SSSR count). The zero-order valence-corrected chi connectivity index (χ0v) is 18.8. The fraction of sp³-hybridized carbons (Fsp3) is 0.667. The van der Waals surface area contributed by atoms with Gasteiger partial charge < -0.3 is 10.1 Å². The number of halogens is 2. The second-order valence-corrected chi connectivity index (χ2v) is 10.1. The summed E-state index contributed by atoms with van der Waals surface area (Å²) in [7, 11) is 0. The van der Waals surface area contributed by atoms with E-state index in [1.807, 2.05) is 11.9 Å². The maximum absolute atomic E-state index is 12.7. The molecule has 1 N–H and O–H groups in total. The standard InChI is InChI=1S/C21H30Cl2N2O2S/c1-2-28-25-9-7-21(8-10-25,14-16-5-11-27-12-6-16)15-24-20(26)18-4-3-17(22)13-19(18)23/h3-4,13,16H,2,5-12,14-15H2,1H3,(H,24,26). The van der Waals surface area contributed by atoms with Crippen LogP contribution in [0.5, 0.6) is 0 Å². The van der Waals surface area contributed by atoms with Crippen LogP contribution in [0.1, 0.15) is 49.4 Å². The summed E-state index contributed by atoms with van der Waals surface area (Å²) in [5, 5.41) is 4.12. The normalized spacial score (nSPS) is 20.8. The Kier molecular flexibility index (Phi) is 8.36. The van der Waals surface area contributed by atoms with Crippen molar-refractivity contribution in [3.05, 3.63) is 33.8 Å². The van der Waals surface area contributed by atoms with Gasteiger partial charge in [-0.15, -0.1) is 0 Å². The SMILES string of the molecule is CCSN1CCC(CNC(=O)c2ccc(Cl)cc2Cl)(CC2CCOCC2)CC1. The summed E-state index contributed by atoms with van der Waals surface area (Å²) in [6.07, 6.45) is 5.66. The van der Waals surface area contributed by atoms with Crippen LogP contribution in [-0.4, -0.2) is 48.8 Å². The molecule has 0 atom stereocenters. The molecule has 0 spiro atoms. The molecule has 0 radical (unpaired) electrons. The van der Waals surface area contributed by atoms with Gasteiger partial charge in [-0.05, 0) is 61.6 Å². The Morgan fingerprint density at radius 3 is 2.64 bits per heavy atom. The van der Waals surface area contributed by atoms with Crippen molar-refractivity contribution in [3.8, 4) is 0 Å². The number of nitrogens with zero attached hydrogens (tertiary/aromatic N) is 1. The molecule has 1 aromatic rings. The summed E-state index contributed by atoms with van der Waals surface area (Å²) in [6.45, 7) is 6.80. The smallest absolute Gasteiger partial charge is 0.252 e. The highest BCUT2D eigenvalue weighted by Gasteiger charge is 2.37. The number of carbonyl (C=O) groups excluding carboxylic acids is 1. The third kappa shape index (κ3) is 6.02. The van der Waals surface area contributed by atoms with Crippen LogP contribution >= 0.6 is 35.1 Å². The van der Waals surface area contributed by atoms with E-state index in [1.54, 1.807) is 18.2 Å². The number of nitrogens with one attached hydrogen (secondary N) is 1. The van der Waals surface area contributed by atoms with Crippen LogP contribution in [0, 0.1) is 11.3 Å². The quantitative estimate of drug-likeness (QED) is 0.579. The van der Waals surface area contributed by atoms with Crippen molar-refractivity contribution < 1.29 is 9.53 Å². The molecule has 156 valence electrons. The van der Waals surface area contributed by atoms with E-state index < -0.39 is 0 Å². The first-order valence-corrected chi connectivity index (χ1v) is 11.9. The average Bonchev–Trinajstić information content (AvgIpc) is 2.69. The number of hydrogen-bond acceptors (Lipinski definition) is 4. The van der Waals surface area contributed by atoms with E-state index in [0.29, 0.717) is 28.1 Å². The predicted molar refractivity (Wildman–Crippen MR) is 118 cm³/mol. The Labute approximate surface area is 182 Å². The van der Waals surface area contributed by atoms with Crippen LogP contribution < -0.4 is 5.32 Å². The molecule has 2 aliphatic heterocycles. The van der Waals surface area contributed by atoms with E-state index in [9.17, 15) is 4.79 Å². The Bertz CT molecular complexity index is 660. The first-order chi connectivity index (χ1) is 13.5. The zero-order valence-electron chi connectivity index (χ0n) is 16.5. The molecular weight excluding hydrogens is 415 g/mol. The number of carbonyl (C=O) groups is 1. The Hall–Kier alpha value is -0.460. The largest absolute Gasteiger partial charge is 0.381 e. The van der Waals surface area contributed by atoms with Crippen molar-refractivity contribution >= 4 is 41.1 Å².